The highest BCUT2D eigenvalue weighted by atomic mass is 32.2. The molecule has 0 atom stereocenters. The van der Waals surface area contributed by atoms with Gasteiger partial charge in [-0.3, -0.25) is 4.79 Å². The van der Waals surface area contributed by atoms with Crippen molar-refractivity contribution in [2.24, 2.45) is 0 Å². The van der Waals surface area contributed by atoms with Gasteiger partial charge in [-0.2, -0.15) is 0 Å². The number of thioether (sulfide) groups is 1. The number of benzene rings is 1. The van der Waals surface area contributed by atoms with E-state index in [-0.39, 0.29) is 28.6 Å². The van der Waals surface area contributed by atoms with Crippen molar-refractivity contribution in [2.45, 2.75) is 5.22 Å². The molecule has 0 aliphatic carbocycles. The number of halogens is 1. The van der Waals surface area contributed by atoms with E-state index >= 15 is 0 Å². The third-order valence-corrected chi connectivity index (χ3v) is 3.67. The largest absolute Gasteiger partial charge is 0.411 e. The predicted octanol–water partition coefficient (Wildman–Crippen LogP) is 3.17. The van der Waals surface area contributed by atoms with Crippen molar-refractivity contribution >= 4 is 17.7 Å². The van der Waals surface area contributed by atoms with Crippen LogP contribution >= 0.6 is 11.8 Å². The molecule has 1 amide bonds. The van der Waals surface area contributed by atoms with Crippen molar-refractivity contribution in [3.05, 3.63) is 55.4 Å². The van der Waals surface area contributed by atoms with Crippen LogP contribution in [-0.2, 0) is 4.79 Å². The minimum absolute atomic E-state index is 0.0728. The molecule has 0 saturated heterocycles. The Labute approximate surface area is 137 Å². The predicted molar refractivity (Wildman–Crippen MR) is 87.4 cm³/mol. The molecule has 0 radical (unpaired) electrons. The summed E-state index contributed by atoms with van der Waals surface area (Å²) < 4.78 is 18.4. The van der Waals surface area contributed by atoms with Gasteiger partial charge in [-0.05, 0) is 24.3 Å². The average Bonchev–Trinajstić information content (AvgIpc) is 3.02. The molecule has 7 heteroatoms. The lowest BCUT2D eigenvalue weighted by molar-refractivity contribution is -0.127. The Morgan fingerprint density at radius 2 is 1.87 bits per heavy atom. The summed E-state index contributed by atoms with van der Waals surface area (Å²) in [6.45, 7) is 8.16. The van der Waals surface area contributed by atoms with Crippen molar-refractivity contribution in [1.82, 2.24) is 15.1 Å². The van der Waals surface area contributed by atoms with Gasteiger partial charge in [-0.15, -0.1) is 23.4 Å². The normalized spacial score (nSPS) is 10.3. The molecule has 23 heavy (non-hydrogen) atoms. The van der Waals surface area contributed by atoms with Crippen LogP contribution in [0, 0.1) is 5.82 Å². The highest BCUT2D eigenvalue weighted by Gasteiger charge is 2.14. The zero-order valence-corrected chi connectivity index (χ0v) is 13.3. The fourth-order valence-electron chi connectivity index (χ4n) is 1.78. The summed E-state index contributed by atoms with van der Waals surface area (Å²) in [5, 5.41) is 8.06. The SMILES string of the molecule is C=CCN(CC=C)C(=O)CSc1nnc(-c2ccc(F)cc2)o1. The quantitative estimate of drug-likeness (QED) is 0.548. The summed E-state index contributed by atoms with van der Waals surface area (Å²) >= 11 is 1.15. The van der Waals surface area contributed by atoms with Gasteiger partial charge in [-0.1, -0.05) is 23.9 Å². The molecule has 2 rings (SSSR count). The smallest absolute Gasteiger partial charge is 0.277 e. The molecule has 0 spiro atoms. The zero-order chi connectivity index (χ0) is 16.7. The molecule has 120 valence electrons. The van der Waals surface area contributed by atoms with Crippen LogP contribution in [0.4, 0.5) is 4.39 Å². The molecule has 1 heterocycles. The molecule has 0 unspecified atom stereocenters. The molecule has 0 saturated carbocycles. The Bertz CT molecular complexity index is 675. The fraction of sp³-hybridized carbons (Fsp3) is 0.188. The highest BCUT2D eigenvalue weighted by molar-refractivity contribution is 7.99. The highest BCUT2D eigenvalue weighted by Crippen LogP contribution is 2.23. The molecular formula is C16H16FN3O2S. The molecule has 0 fully saturated rings. The standard InChI is InChI=1S/C16H16FN3O2S/c1-3-9-20(10-4-2)14(21)11-23-16-19-18-15(22-16)12-5-7-13(17)8-6-12/h3-8H,1-2,9-11H2. The van der Waals surface area contributed by atoms with Gasteiger partial charge in [0.1, 0.15) is 5.82 Å². The first-order chi connectivity index (χ1) is 11.1. The second-order valence-electron chi connectivity index (χ2n) is 4.54. The lowest BCUT2D eigenvalue weighted by Gasteiger charge is -2.18. The van der Waals surface area contributed by atoms with Gasteiger partial charge >= 0.3 is 0 Å². The van der Waals surface area contributed by atoms with Crippen LogP contribution in [0.25, 0.3) is 11.5 Å². The van der Waals surface area contributed by atoms with E-state index in [1.165, 1.54) is 12.1 Å². The molecule has 0 aliphatic heterocycles. The van der Waals surface area contributed by atoms with E-state index in [0.29, 0.717) is 18.7 Å². The van der Waals surface area contributed by atoms with E-state index in [2.05, 4.69) is 23.4 Å². The average molecular weight is 333 g/mol. The maximum absolute atomic E-state index is 12.9. The third-order valence-electron chi connectivity index (χ3n) is 2.87. The Hall–Kier alpha value is -2.41. The van der Waals surface area contributed by atoms with E-state index in [1.807, 2.05) is 0 Å². The maximum Gasteiger partial charge on any atom is 0.277 e. The second kappa shape index (κ2) is 8.28. The Kier molecular flexibility index (Phi) is 6.10. The molecule has 0 bridgehead atoms. The first-order valence-corrected chi connectivity index (χ1v) is 7.84. The van der Waals surface area contributed by atoms with Gasteiger partial charge < -0.3 is 9.32 Å². The fourth-order valence-corrected chi connectivity index (χ4v) is 2.45. The van der Waals surface area contributed by atoms with Crippen LogP contribution in [0.2, 0.25) is 0 Å². The molecule has 0 aliphatic rings. The van der Waals surface area contributed by atoms with E-state index in [1.54, 1.807) is 29.2 Å². The number of amides is 1. The van der Waals surface area contributed by atoms with Crippen LogP contribution in [0.5, 0.6) is 0 Å². The van der Waals surface area contributed by atoms with E-state index in [9.17, 15) is 9.18 Å². The third kappa shape index (κ3) is 4.79. The number of nitrogens with zero attached hydrogens (tertiary/aromatic N) is 3. The summed E-state index contributed by atoms with van der Waals surface area (Å²) in [6.07, 6.45) is 3.32. The lowest BCUT2D eigenvalue weighted by Crippen LogP contribution is -2.32. The van der Waals surface area contributed by atoms with Gasteiger partial charge in [0.2, 0.25) is 11.8 Å². The summed E-state index contributed by atoms with van der Waals surface area (Å²) in [5.41, 5.74) is 0.622. The van der Waals surface area contributed by atoms with Crippen molar-refractivity contribution < 1.29 is 13.6 Å². The number of aromatic nitrogens is 2. The van der Waals surface area contributed by atoms with Gasteiger partial charge in [0, 0.05) is 18.7 Å². The van der Waals surface area contributed by atoms with Crippen LogP contribution < -0.4 is 0 Å². The van der Waals surface area contributed by atoms with Crippen molar-refractivity contribution in [1.29, 1.82) is 0 Å². The van der Waals surface area contributed by atoms with E-state index < -0.39 is 0 Å². The van der Waals surface area contributed by atoms with Gasteiger partial charge in [-0.25, -0.2) is 4.39 Å². The van der Waals surface area contributed by atoms with E-state index in [0.717, 1.165) is 11.8 Å². The molecular weight excluding hydrogens is 317 g/mol. The minimum atomic E-state index is -0.335. The van der Waals surface area contributed by atoms with Crippen molar-refractivity contribution in [3.8, 4) is 11.5 Å². The van der Waals surface area contributed by atoms with Crippen LogP contribution in [0.3, 0.4) is 0 Å². The number of hydrogen-bond acceptors (Lipinski definition) is 5. The Morgan fingerprint density at radius 3 is 2.48 bits per heavy atom. The zero-order valence-electron chi connectivity index (χ0n) is 12.4. The Morgan fingerprint density at radius 1 is 1.22 bits per heavy atom. The lowest BCUT2D eigenvalue weighted by atomic mass is 10.2. The summed E-state index contributed by atoms with van der Waals surface area (Å²) in [5.74, 6) is 0.0514. The number of carbonyl (C=O) groups excluding carboxylic acids is 1. The van der Waals surface area contributed by atoms with Gasteiger partial charge in [0.15, 0.2) is 0 Å². The summed E-state index contributed by atoms with van der Waals surface area (Å²) in [7, 11) is 0. The number of carbonyl (C=O) groups is 1. The van der Waals surface area contributed by atoms with Crippen LogP contribution in [0.15, 0.2) is 59.2 Å². The topological polar surface area (TPSA) is 59.2 Å². The Balaban J connectivity index is 1.96. The summed E-state index contributed by atoms with van der Waals surface area (Å²) in [6, 6.07) is 5.74. The van der Waals surface area contributed by atoms with Gasteiger partial charge in [0.25, 0.3) is 5.22 Å². The first kappa shape index (κ1) is 17.0. The van der Waals surface area contributed by atoms with Crippen LogP contribution in [0.1, 0.15) is 0 Å². The minimum Gasteiger partial charge on any atom is -0.411 e. The second-order valence-corrected chi connectivity index (χ2v) is 5.47. The summed E-state index contributed by atoms with van der Waals surface area (Å²) in [4.78, 5) is 13.7. The number of hydrogen-bond donors (Lipinski definition) is 0. The monoisotopic (exact) mass is 333 g/mol. The van der Waals surface area contributed by atoms with Crippen molar-refractivity contribution in [3.63, 3.8) is 0 Å². The number of rotatable bonds is 8. The van der Waals surface area contributed by atoms with E-state index in [4.69, 9.17) is 4.42 Å². The van der Waals surface area contributed by atoms with Crippen molar-refractivity contribution in [2.75, 3.05) is 18.8 Å². The maximum atomic E-state index is 12.9. The molecule has 2 aromatic rings. The molecule has 5 nitrogen and oxygen atoms in total. The first-order valence-electron chi connectivity index (χ1n) is 6.86. The molecule has 1 aromatic heterocycles. The van der Waals surface area contributed by atoms with Gasteiger partial charge in [0.05, 0.1) is 5.75 Å². The van der Waals surface area contributed by atoms with Crippen LogP contribution in [-0.4, -0.2) is 39.8 Å². The molecule has 1 aromatic carbocycles. The molecule has 0 N–H and O–H groups in total.